The fourth-order valence-electron chi connectivity index (χ4n) is 4.48. The topological polar surface area (TPSA) is 55.2 Å². The fraction of sp³-hybridized carbons (Fsp3) is 0.500. The summed E-state index contributed by atoms with van der Waals surface area (Å²) in [6, 6.07) is 6.41. The second kappa shape index (κ2) is 4.92. The minimum Gasteiger partial charge on any atom is -0.298 e. The molecule has 0 unspecified atom stereocenters. The number of hydrogen-bond donors (Lipinski definition) is 0. The number of fused-ring (bicyclic) bond motifs is 3. The minimum absolute atomic E-state index is 0.127. The van der Waals surface area contributed by atoms with Crippen LogP contribution in [0.5, 0.6) is 0 Å². The Morgan fingerprint density at radius 3 is 2.67 bits per heavy atom. The molecule has 5 rings (SSSR count). The van der Waals surface area contributed by atoms with Gasteiger partial charge in [0.05, 0.1) is 16.3 Å². The second-order valence-electron chi connectivity index (χ2n) is 7.38. The normalized spacial score (nSPS) is 28.5. The van der Waals surface area contributed by atoms with Crippen molar-refractivity contribution in [3.05, 3.63) is 36.2 Å². The molecule has 2 aliphatic heterocycles. The first-order valence-corrected chi connectivity index (χ1v) is 10.2. The maximum atomic E-state index is 12.9. The molecule has 5 nitrogen and oxygen atoms in total. The van der Waals surface area contributed by atoms with E-state index in [1.807, 2.05) is 25.5 Å². The van der Waals surface area contributed by atoms with Crippen molar-refractivity contribution < 1.29 is 8.42 Å². The molecule has 1 aromatic heterocycles. The lowest BCUT2D eigenvalue weighted by Gasteiger charge is -2.35. The highest BCUT2D eigenvalue weighted by atomic mass is 32.2. The summed E-state index contributed by atoms with van der Waals surface area (Å²) in [5, 5.41) is 3.97. The molecule has 1 saturated carbocycles. The van der Waals surface area contributed by atoms with E-state index < -0.39 is 9.84 Å². The first kappa shape index (κ1) is 14.7. The standard InChI is InChI=1S/C18H21N3O2S/c1-20-9-13(8-19-20)12-5-6-17-15(7-12)16-10-21(14-3-2-4-14)11-18(16)24(17,22)23/h5-9,14,16,18H,2-4,10-11H2,1H3/t16-,18-/m1/s1. The number of aryl methyl sites for hydroxylation is 1. The van der Waals surface area contributed by atoms with E-state index in [0.29, 0.717) is 17.5 Å². The van der Waals surface area contributed by atoms with Gasteiger partial charge in [0, 0.05) is 43.9 Å². The van der Waals surface area contributed by atoms with Gasteiger partial charge < -0.3 is 0 Å². The predicted octanol–water partition coefficient (Wildman–Crippen LogP) is 2.19. The van der Waals surface area contributed by atoms with Crippen LogP contribution < -0.4 is 0 Å². The van der Waals surface area contributed by atoms with Crippen molar-refractivity contribution in [1.29, 1.82) is 0 Å². The zero-order valence-corrected chi connectivity index (χ0v) is 14.5. The fourth-order valence-corrected chi connectivity index (χ4v) is 6.65. The van der Waals surface area contributed by atoms with Gasteiger partial charge in [-0.15, -0.1) is 0 Å². The van der Waals surface area contributed by atoms with Crippen molar-refractivity contribution in [3.63, 3.8) is 0 Å². The highest BCUT2D eigenvalue weighted by Crippen LogP contribution is 2.47. The summed E-state index contributed by atoms with van der Waals surface area (Å²) in [6.45, 7) is 1.59. The molecular formula is C18H21N3O2S. The third-order valence-corrected chi connectivity index (χ3v) is 8.30. The molecule has 126 valence electrons. The maximum absolute atomic E-state index is 12.9. The summed E-state index contributed by atoms with van der Waals surface area (Å²) in [5.74, 6) is 0.127. The van der Waals surface area contributed by atoms with Crippen LogP contribution in [0.1, 0.15) is 30.7 Å². The van der Waals surface area contributed by atoms with Crippen molar-refractivity contribution in [1.82, 2.24) is 14.7 Å². The minimum atomic E-state index is -3.19. The average Bonchev–Trinajstić information content (AvgIpc) is 3.15. The van der Waals surface area contributed by atoms with Gasteiger partial charge in [-0.1, -0.05) is 12.5 Å². The van der Waals surface area contributed by atoms with Gasteiger partial charge in [0.1, 0.15) is 0 Å². The molecule has 0 bridgehead atoms. The van der Waals surface area contributed by atoms with Crippen LogP contribution in [0.3, 0.4) is 0 Å². The molecule has 6 heteroatoms. The average molecular weight is 343 g/mol. The second-order valence-corrected chi connectivity index (χ2v) is 9.52. The lowest BCUT2D eigenvalue weighted by atomic mass is 9.91. The molecule has 1 saturated heterocycles. The number of hydrogen-bond acceptors (Lipinski definition) is 4. The van der Waals surface area contributed by atoms with Gasteiger partial charge in [-0.25, -0.2) is 8.42 Å². The van der Waals surface area contributed by atoms with Gasteiger partial charge in [-0.2, -0.15) is 5.10 Å². The van der Waals surface area contributed by atoms with Crippen molar-refractivity contribution in [3.8, 4) is 11.1 Å². The van der Waals surface area contributed by atoms with Crippen LogP contribution >= 0.6 is 0 Å². The molecule has 0 amide bonds. The van der Waals surface area contributed by atoms with Crippen LogP contribution in [-0.2, 0) is 16.9 Å². The van der Waals surface area contributed by atoms with E-state index in [4.69, 9.17) is 0 Å². The quantitative estimate of drug-likeness (QED) is 0.839. The van der Waals surface area contributed by atoms with E-state index in [2.05, 4.69) is 16.1 Å². The predicted molar refractivity (Wildman–Crippen MR) is 91.6 cm³/mol. The Kier molecular flexibility index (Phi) is 3.01. The summed E-state index contributed by atoms with van der Waals surface area (Å²) < 4.78 is 27.7. The van der Waals surface area contributed by atoms with Crippen molar-refractivity contribution in [2.75, 3.05) is 13.1 Å². The summed E-state index contributed by atoms with van der Waals surface area (Å²) in [7, 11) is -1.30. The Morgan fingerprint density at radius 2 is 2.00 bits per heavy atom. The molecule has 3 aliphatic rings. The molecule has 24 heavy (non-hydrogen) atoms. The maximum Gasteiger partial charge on any atom is 0.183 e. The van der Waals surface area contributed by atoms with E-state index in [1.165, 1.54) is 19.3 Å². The molecule has 2 aromatic rings. The van der Waals surface area contributed by atoms with Crippen molar-refractivity contribution in [2.45, 2.75) is 41.4 Å². The Bertz CT molecular complexity index is 914. The van der Waals surface area contributed by atoms with Gasteiger partial charge >= 0.3 is 0 Å². The lowest BCUT2D eigenvalue weighted by molar-refractivity contribution is 0.157. The van der Waals surface area contributed by atoms with Crippen LogP contribution in [0.2, 0.25) is 0 Å². The number of likely N-dealkylation sites (tertiary alicyclic amines) is 1. The molecule has 0 N–H and O–H groups in total. The summed E-state index contributed by atoms with van der Waals surface area (Å²) in [5.41, 5.74) is 3.11. The summed E-state index contributed by atoms with van der Waals surface area (Å²) in [4.78, 5) is 2.97. The molecule has 0 spiro atoms. The Hall–Kier alpha value is -1.66. The number of rotatable bonds is 2. The SMILES string of the molecule is Cn1cc(-c2ccc3c(c2)[C@H]2CN(C4CCC4)C[C@H]2S3(=O)=O)cn1. The first-order valence-electron chi connectivity index (χ1n) is 8.65. The molecule has 2 atom stereocenters. The Morgan fingerprint density at radius 1 is 1.17 bits per heavy atom. The van der Waals surface area contributed by atoms with E-state index in [0.717, 1.165) is 23.2 Å². The van der Waals surface area contributed by atoms with Gasteiger partial charge in [0.15, 0.2) is 9.84 Å². The summed E-state index contributed by atoms with van der Waals surface area (Å²) >= 11 is 0. The van der Waals surface area contributed by atoms with E-state index in [9.17, 15) is 8.42 Å². The largest absolute Gasteiger partial charge is 0.298 e. The van der Waals surface area contributed by atoms with E-state index in [1.54, 1.807) is 10.7 Å². The van der Waals surface area contributed by atoms with Gasteiger partial charge in [-0.3, -0.25) is 9.58 Å². The summed E-state index contributed by atoms with van der Waals surface area (Å²) in [6.07, 6.45) is 7.53. The van der Waals surface area contributed by atoms with Crippen LogP contribution in [0, 0.1) is 0 Å². The Balaban J connectivity index is 1.56. The highest BCUT2D eigenvalue weighted by molar-refractivity contribution is 7.92. The first-order chi connectivity index (χ1) is 11.5. The van der Waals surface area contributed by atoms with Crippen LogP contribution in [0.15, 0.2) is 35.5 Å². The van der Waals surface area contributed by atoms with Crippen molar-refractivity contribution in [2.24, 2.45) is 7.05 Å². The number of nitrogens with zero attached hydrogens (tertiary/aromatic N) is 3. The Labute approximate surface area is 142 Å². The van der Waals surface area contributed by atoms with Gasteiger partial charge in [-0.05, 0) is 36.1 Å². The van der Waals surface area contributed by atoms with E-state index >= 15 is 0 Å². The third-order valence-electron chi connectivity index (χ3n) is 6.04. The van der Waals surface area contributed by atoms with Gasteiger partial charge in [0.2, 0.25) is 0 Å². The number of aromatic nitrogens is 2. The molecule has 1 aromatic carbocycles. The van der Waals surface area contributed by atoms with Crippen LogP contribution in [-0.4, -0.2) is 47.5 Å². The molecule has 3 heterocycles. The van der Waals surface area contributed by atoms with E-state index in [-0.39, 0.29) is 11.2 Å². The van der Waals surface area contributed by atoms with Crippen LogP contribution in [0.25, 0.3) is 11.1 Å². The van der Waals surface area contributed by atoms with Gasteiger partial charge in [0.25, 0.3) is 0 Å². The lowest BCUT2D eigenvalue weighted by Crippen LogP contribution is -2.39. The number of benzene rings is 1. The monoisotopic (exact) mass is 343 g/mol. The molecular weight excluding hydrogens is 322 g/mol. The molecule has 0 radical (unpaired) electrons. The highest BCUT2D eigenvalue weighted by Gasteiger charge is 2.51. The molecule has 2 fully saturated rings. The number of sulfone groups is 1. The third kappa shape index (κ3) is 1.96. The smallest absolute Gasteiger partial charge is 0.183 e. The zero-order chi connectivity index (χ0) is 16.5. The van der Waals surface area contributed by atoms with Crippen LogP contribution in [0.4, 0.5) is 0 Å². The molecule has 1 aliphatic carbocycles. The van der Waals surface area contributed by atoms with Crippen molar-refractivity contribution >= 4 is 9.84 Å². The zero-order valence-electron chi connectivity index (χ0n) is 13.7.